The summed E-state index contributed by atoms with van der Waals surface area (Å²) in [6, 6.07) is 4.67. The number of hydrogen-bond donors (Lipinski definition) is 1. The second kappa shape index (κ2) is 3.47. The number of nitrogens with zero attached hydrogens (tertiary/aromatic N) is 2. The van der Waals surface area contributed by atoms with Gasteiger partial charge in [0.15, 0.2) is 0 Å². The van der Waals surface area contributed by atoms with Gasteiger partial charge in [-0.2, -0.15) is 0 Å². The average molecular weight is 166 g/mol. The molecule has 5 nitrogen and oxygen atoms in total. The summed E-state index contributed by atoms with van der Waals surface area (Å²) < 4.78 is 0. The van der Waals surface area contributed by atoms with E-state index in [1.54, 1.807) is 12.1 Å². The van der Waals surface area contributed by atoms with E-state index in [-0.39, 0.29) is 12.2 Å². The van der Waals surface area contributed by atoms with Gasteiger partial charge >= 0.3 is 6.09 Å². The van der Waals surface area contributed by atoms with Crippen molar-refractivity contribution in [2.45, 2.75) is 0 Å². The zero-order chi connectivity index (χ0) is 8.97. The molecule has 0 aromatic carbocycles. The van der Waals surface area contributed by atoms with Gasteiger partial charge in [0, 0.05) is 6.20 Å². The van der Waals surface area contributed by atoms with Crippen molar-refractivity contribution in [3.8, 4) is 0 Å². The van der Waals surface area contributed by atoms with Crippen LogP contribution in [0.15, 0.2) is 24.4 Å². The normalized spacial score (nSPS) is 9.00. The highest BCUT2D eigenvalue weighted by Crippen LogP contribution is 2.06. The molecule has 0 aliphatic carbocycles. The van der Waals surface area contributed by atoms with Crippen LogP contribution < -0.4 is 4.90 Å². The Balaban J connectivity index is 2.95. The SMILES string of the molecule is O=CN(C(=O)O)c1ccccn1. The minimum atomic E-state index is -1.34. The Kier molecular flexibility index (Phi) is 2.37. The van der Waals surface area contributed by atoms with Crippen LogP contribution in [0.1, 0.15) is 0 Å². The lowest BCUT2D eigenvalue weighted by Crippen LogP contribution is -2.27. The Morgan fingerprint density at radius 2 is 2.33 bits per heavy atom. The summed E-state index contributed by atoms with van der Waals surface area (Å²) in [5.41, 5.74) is 0. The van der Waals surface area contributed by atoms with Gasteiger partial charge in [0.25, 0.3) is 0 Å². The summed E-state index contributed by atoms with van der Waals surface area (Å²) in [5.74, 6) is 0.0972. The average Bonchev–Trinajstić information content (AvgIpc) is 2.07. The quantitative estimate of drug-likeness (QED) is 0.657. The first-order valence-electron chi connectivity index (χ1n) is 3.14. The predicted molar refractivity (Wildman–Crippen MR) is 40.8 cm³/mol. The smallest absolute Gasteiger partial charge is 0.419 e. The van der Waals surface area contributed by atoms with Crippen molar-refractivity contribution in [3.05, 3.63) is 24.4 Å². The monoisotopic (exact) mass is 166 g/mol. The van der Waals surface area contributed by atoms with Crippen LogP contribution in [0.4, 0.5) is 10.6 Å². The standard InChI is InChI=1S/C7H6N2O3/c10-5-9(7(11)12)6-3-1-2-4-8-6/h1-5H,(H,11,12). The third-order valence-electron chi connectivity index (χ3n) is 1.21. The number of carbonyl (C=O) groups excluding carboxylic acids is 1. The van der Waals surface area contributed by atoms with E-state index in [2.05, 4.69) is 4.98 Å². The van der Waals surface area contributed by atoms with Crippen molar-refractivity contribution in [3.63, 3.8) is 0 Å². The first-order valence-corrected chi connectivity index (χ1v) is 3.14. The van der Waals surface area contributed by atoms with Crippen LogP contribution in [0.2, 0.25) is 0 Å². The number of anilines is 1. The number of imide groups is 1. The lowest BCUT2D eigenvalue weighted by molar-refractivity contribution is -0.107. The van der Waals surface area contributed by atoms with Crippen molar-refractivity contribution >= 4 is 18.3 Å². The maximum atomic E-state index is 10.4. The molecule has 0 fully saturated rings. The fourth-order valence-electron chi connectivity index (χ4n) is 0.693. The molecule has 0 radical (unpaired) electrons. The molecule has 1 aromatic heterocycles. The van der Waals surface area contributed by atoms with Gasteiger partial charge in [-0.15, -0.1) is 0 Å². The minimum Gasteiger partial charge on any atom is -0.464 e. The van der Waals surface area contributed by atoms with E-state index in [0.29, 0.717) is 4.90 Å². The Morgan fingerprint density at radius 3 is 2.75 bits per heavy atom. The van der Waals surface area contributed by atoms with Crippen molar-refractivity contribution in [1.29, 1.82) is 0 Å². The molecule has 0 aliphatic rings. The van der Waals surface area contributed by atoms with Crippen LogP contribution >= 0.6 is 0 Å². The first-order chi connectivity index (χ1) is 5.75. The van der Waals surface area contributed by atoms with Crippen LogP contribution in [0.25, 0.3) is 0 Å². The molecule has 5 heteroatoms. The topological polar surface area (TPSA) is 70.5 Å². The van der Waals surface area contributed by atoms with Gasteiger partial charge in [0.1, 0.15) is 5.82 Å². The van der Waals surface area contributed by atoms with Crippen molar-refractivity contribution < 1.29 is 14.7 Å². The summed E-state index contributed by atoms with van der Waals surface area (Å²) in [5, 5.41) is 8.48. The zero-order valence-electron chi connectivity index (χ0n) is 6.04. The minimum absolute atomic E-state index is 0.0972. The molecule has 0 saturated heterocycles. The number of hydrogen-bond acceptors (Lipinski definition) is 3. The number of carbonyl (C=O) groups is 2. The van der Waals surface area contributed by atoms with Gasteiger partial charge in [-0.05, 0) is 12.1 Å². The predicted octanol–water partition coefficient (Wildman–Crippen LogP) is 0.722. The molecule has 1 rings (SSSR count). The third-order valence-corrected chi connectivity index (χ3v) is 1.21. The number of amides is 2. The molecule has 2 amide bonds. The molecule has 0 aliphatic heterocycles. The van der Waals surface area contributed by atoms with Gasteiger partial charge in [-0.3, -0.25) is 4.79 Å². The Labute approximate surface area is 68.3 Å². The van der Waals surface area contributed by atoms with Crippen molar-refractivity contribution in [2.24, 2.45) is 0 Å². The highest BCUT2D eigenvalue weighted by Gasteiger charge is 2.12. The van der Waals surface area contributed by atoms with Crippen LogP contribution in [-0.2, 0) is 4.79 Å². The zero-order valence-corrected chi connectivity index (χ0v) is 6.04. The van der Waals surface area contributed by atoms with Gasteiger partial charge in [0.05, 0.1) is 0 Å². The third kappa shape index (κ3) is 1.57. The molecule has 1 N–H and O–H groups in total. The largest absolute Gasteiger partial charge is 0.464 e. The maximum Gasteiger partial charge on any atom is 0.419 e. The number of carboxylic acid groups (broad SMARTS) is 1. The lowest BCUT2D eigenvalue weighted by atomic mass is 10.4. The van der Waals surface area contributed by atoms with E-state index >= 15 is 0 Å². The van der Waals surface area contributed by atoms with E-state index in [1.165, 1.54) is 12.3 Å². The highest BCUT2D eigenvalue weighted by atomic mass is 16.4. The van der Waals surface area contributed by atoms with Gasteiger partial charge in [0.2, 0.25) is 6.41 Å². The molecule has 1 aromatic rings. The molecule has 0 saturated carbocycles. The van der Waals surface area contributed by atoms with E-state index in [1.807, 2.05) is 0 Å². The van der Waals surface area contributed by atoms with Gasteiger partial charge < -0.3 is 5.11 Å². The van der Waals surface area contributed by atoms with Crippen LogP contribution in [0.5, 0.6) is 0 Å². The second-order valence-electron chi connectivity index (χ2n) is 1.95. The van der Waals surface area contributed by atoms with Crippen molar-refractivity contribution in [2.75, 3.05) is 4.90 Å². The Bertz CT molecular complexity index is 286. The van der Waals surface area contributed by atoms with E-state index in [4.69, 9.17) is 5.11 Å². The summed E-state index contributed by atoms with van der Waals surface area (Å²) in [7, 11) is 0. The molecule has 0 spiro atoms. The summed E-state index contributed by atoms with van der Waals surface area (Å²) in [4.78, 5) is 24.8. The molecule has 0 atom stereocenters. The first kappa shape index (κ1) is 8.19. The Morgan fingerprint density at radius 1 is 1.58 bits per heavy atom. The molecular weight excluding hydrogens is 160 g/mol. The highest BCUT2D eigenvalue weighted by molar-refractivity contribution is 6.01. The molecule has 1 heterocycles. The van der Waals surface area contributed by atoms with Crippen molar-refractivity contribution in [1.82, 2.24) is 4.98 Å². The fraction of sp³-hybridized carbons (Fsp3) is 0. The molecule has 62 valence electrons. The maximum absolute atomic E-state index is 10.4. The van der Waals surface area contributed by atoms with Gasteiger partial charge in [-0.25, -0.2) is 14.7 Å². The molecule has 0 unspecified atom stereocenters. The van der Waals surface area contributed by atoms with E-state index in [0.717, 1.165) is 0 Å². The summed E-state index contributed by atoms with van der Waals surface area (Å²) in [6.45, 7) is 0. The van der Waals surface area contributed by atoms with Crippen LogP contribution in [0.3, 0.4) is 0 Å². The Hall–Kier alpha value is -1.91. The number of pyridine rings is 1. The van der Waals surface area contributed by atoms with Crippen LogP contribution in [0, 0.1) is 0 Å². The molecule has 0 bridgehead atoms. The van der Waals surface area contributed by atoms with E-state index in [9.17, 15) is 9.59 Å². The fourth-order valence-corrected chi connectivity index (χ4v) is 0.693. The van der Waals surface area contributed by atoms with E-state index < -0.39 is 6.09 Å². The number of rotatable bonds is 2. The summed E-state index contributed by atoms with van der Waals surface area (Å²) in [6.07, 6.45) is 0.267. The van der Waals surface area contributed by atoms with Crippen LogP contribution in [-0.4, -0.2) is 22.6 Å². The molecular formula is C7H6N2O3. The van der Waals surface area contributed by atoms with Gasteiger partial charge in [-0.1, -0.05) is 6.07 Å². The molecule has 12 heavy (non-hydrogen) atoms. The second-order valence-corrected chi connectivity index (χ2v) is 1.95. The number of aromatic nitrogens is 1. The lowest BCUT2D eigenvalue weighted by Gasteiger charge is -2.08. The summed E-state index contributed by atoms with van der Waals surface area (Å²) >= 11 is 0.